The van der Waals surface area contributed by atoms with Crippen molar-refractivity contribution in [2.24, 2.45) is 0 Å². The lowest BCUT2D eigenvalue weighted by molar-refractivity contribution is -0.385. The predicted octanol–water partition coefficient (Wildman–Crippen LogP) is 4.38. The number of nitrogens with zero attached hydrogens (tertiary/aromatic N) is 1. The van der Waals surface area contributed by atoms with Gasteiger partial charge in [0.2, 0.25) is 10.0 Å². The average molecular weight is 407 g/mol. The average Bonchev–Trinajstić information content (AvgIpc) is 2.60. The van der Waals surface area contributed by atoms with Gasteiger partial charge in [-0.2, -0.15) is 0 Å². The van der Waals surface area contributed by atoms with Gasteiger partial charge in [0.25, 0.3) is 5.69 Å². The van der Waals surface area contributed by atoms with Gasteiger partial charge in [0, 0.05) is 17.7 Å². The number of sulfonamides is 1. The van der Waals surface area contributed by atoms with Crippen LogP contribution in [0.2, 0.25) is 0 Å². The lowest BCUT2D eigenvalue weighted by Gasteiger charge is -2.21. The standard InChI is InChI=1S/C20H26N2O5S/c1-12(2)17-11-18(14(4)9-20(17)27-6)15(5)21-28(25,26)16-8-7-13(3)19(10-16)22(23)24/h7-12,15,21H,1-6H3/t15-/m0/s1. The molecule has 0 aliphatic carbocycles. The van der Waals surface area contributed by atoms with E-state index in [4.69, 9.17) is 4.74 Å². The molecule has 0 saturated heterocycles. The van der Waals surface area contributed by atoms with Crippen molar-refractivity contribution in [3.63, 3.8) is 0 Å². The third kappa shape index (κ3) is 4.51. The molecule has 152 valence electrons. The fourth-order valence-electron chi connectivity index (χ4n) is 3.13. The molecule has 0 aromatic heterocycles. The third-order valence-corrected chi connectivity index (χ3v) is 6.26. The van der Waals surface area contributed by atoms with Crippen LogP contribution in [0.1, 0.15) is 55.0 Å². The summed E-state index contributed by atoms with van der Waals surface area (Å²) >= 11 is 0. The molecule has 0 saturated carbocycles. The van der Waals surface area contributed by atoms with Crippen molar-refractivity contribution < 1.29 is 18.1 Å². The first-order valence-corrected chi connectivity index (χ1v) is 10.4. The zero-order valence-electron chi connectivity index (χ0n) is 16.9. The number of methoxy groups -OCH3 is 1. The largest absolute Gasteiger partial charge is 0.496 e. The van der Waals surface area contributed by atoms with Crippen LogP contribution in [-0.2, 0) is 10.0 Å². The van der Waals surface area contributed by atoms with Gasteiger partial charge >= 0.3 is 0 Å². The fraction of sp³-hybridized carbons (Fsp3) is 0.400. The molecule has 0 amide bonds. The van der Waals surface area contributed by atoms with Gasteiger partial charge in [-0.05, 0) is 61.6 Å². The first kappa shape index (κ1) is 21.8. The summed E-state index contributed by atoms with van der Waals surface area (Å²) in [6, 6.07) is 7.22. The summed E-state index contributed by atoms with van der Waals surface area (Å²) in [6.45, 7) is 9.29. The smallest absolute Gasteiger partial charge is 0.273 e. The molecule has 2 aromatic rings. The van der Waals surface area contributed by atoms with E-state index in [0.717, 1.165) is 28.5 Å². The van der Waals surface area contributed by atoms with Crippen molar-refractivity contribution in [2.45, 2.75) is 51.5 Å². The molecule has 0 fully saturated rings. The summed E-state index contributed by atoms with van der Waals surface area (Å²) in [7, 11) is -2.32. The Balaban J connectivity index is 2.41. The van der Waals surface area contributed by atoms with Gasteiger partial charge in [-0.3, -0.25) is 10.1 Å². The maximum atomic E-state index is 12.8. The van der Waals surface area contributed by atoms with Gasteiger partial charge in [-0.15, -0.1) is 0 Å². The SMILES string of the molecule is COc1cc(C)c([C@H](C)NS(=O)(=O)c2ccc(C)c([N+](=O)[O-])c2)cc1C(C)C. The van der Waals surface area contributed by atoms with Crippen molar-refractivity contribution in [3.8, 4) is 5.75 Å². The number of ether oxygens (including phenoxy) is 1. The van der Waals surface area contributed by atoms with Crippen LogP contribution in [-0.4, -0.2) is 20.5 Å². The monoisotopic (exact) mass is 406 g/mol. The zero-order chi connectivity index (χ0) is 21.2. The van der Waals surface area contributed by atoms with Crippen LogP contribution >= 0.6 is 0 Å². The van der Waals surface area contributed by atoms with E-state index in [-0.39, 0.29) is 16.5 Å². The third-order valence-electron chi connectivity index (χ3n) is 4.73. The second-order valence-electron chi connectivity index (χ2n) is 7.15. The van der Waals surface area contributed by atoms with E-state index < -0.39 is 21.0 Å². The van der Waals surface area contributed by atoms with Crippen molar-refractivity contribution in [2.75, 3.05) is 7.11 Å². The van der Waals surface area contributed by atoms with Crippen molar-refractivity contribution in [3.05, 3.63) is 62.7 Å². The first-order chi connectivity index (χ1) is 13.0. The van der Waals surface area contributed by atoms with Crippen LogP contribution in [0, 0.1) is 24.0 Å². The highest BCUT2D eigenvalue weighted by Crippen LogP contribution is 2.32. The molecule has 7 nitrogen and oxygen atoms in total. The number of nitrogens with one attached hydrogen (secondary N) is 1. The second-order valence-corrected chi connectivity index (χ2v) is 8.87. The molecular formula is C20H26N2O5S. The minimum Gasteiger partial charge on any atom is -0.496 e. The molecule has 28 heavy (non-hydrogen) atoms. The van der Waals surface area contributed by atoms with E-state index >= 15 is 0 Å². The lowest BCUT2D eigenvalue weighted by atomic mass is 9.94. The molecule has 0 aliphatic heterocycles. The first-order valence-electron chi connectivity index (χ1n) is 8.93. The zero-order valence-corrected chi connectivity index (χ0v) is 17.8. The van der Waals surface area contributed by atoms with Crippen LogP contribution < -0.4 is 9.46 Å². The number of hydrogen-bond acceptors (Lipinski definition) is 5. The Labute approximate surface area is 165 Å². The minimum absolute atomic E-state index is 0.133. The highest BCUT2D eigenvalue weighted by atomic mass is 32.2. The maximum absolute atomic E-state index is 12.8. The van der Waals surface area contributed by atoms with E-state index in [1.165, 1.54) is 12.1 Å². The molecule has 0 bridgehead atoms. The molecule has 0 heterocycles. The van der Waals surface area contributed by atoms with Crippen LogP contribution in [0.5, 0.6) is 5.75 Å². The molecule has 0 spiro atoms. The molecule has 1 atom stereocenters. The van der Waals surface area contributed by atoms with Gasteiger partial charge < -0.3 is 4.74 Å². The Morgan fingerprint density at radius 3 is 2.21 bits per heavy atom. The summed E-state index contributed by atoms with van der Waals surface area (Å²) in [5.74, 6) is 0.971. The summed E-state index contributed by atoms with van der Waals surface area (Å²) in [5, 5.41) is 11.1. The Morgan fingerprint density at radius 2 is 1.68 bits per heavy atom. The minimum atomic E-state index is -3.93. The number of aryl methyl sites for hydroxylation is 2. The summed E-state index contributed by atoms with van der Waals surface area (Å²) < 4.78 is 33.7. The number of nitro groups is 1. The Hall–Kier alpha value is -2.45. The quantitative estimate of drug-likeness (QED) is 0.543. The van der Waals surface area contributed by atoms with E-state index in [9.17, 15) is 18.5 Å². The van der Waals surface area contributed by atoms with Gasteiger partial charge in [0.1, 0.15) is 5.75 Å². The van der Waals surface area contributed by atoms with Crippen LogP contribution in [0.25, 0.3) is 0 Å². The molecule has 2 rings (SSSR count). The molecule has 1 N–H and O–H groups in total. The number of nitro benzene ring substituents is 1. The summed E-state index contributed by atoms with van der Waals surface area (Å²) in [6.07, 6.45) is 0. The number of rotatable bonds is 7. The molecular weight excluding hydrogens is 380 g/mol. The normalized spacial score (nSPS) is 12.8. The Bertz CT molecular complexity index is 1000. The van der Waals surface area contributed by atoms with E-state index in [0.29, 0.717) is 5.56 Å². The molecule has 0 radical (unpaired) electrons. The molecule has 2 aromatic carbocycles. The van der Waals surface area contributed by atoms with Crippen LogP contribution in [0.15, 0.2) is 35.2 Å². The van der Waals surface area contributed by atoms with E-state index in [1.54, 1.807) is 21.0 Å². The van der Waals surface area contributed by atoms with Gasteiger partial charge in [0.05, 0.1) is 16.9 Å². The van der Waals surface area contributed by atoms with E-state index in [2.05, 4.69) is 4.72 Å². The molecule has 0 aliphatic rings. The van der Waals surface area contributed by atoms with Gasteiger partial charge in [0.15, 0.2) is 0 Å². The van der Waals surface area contributed by atoms with Crippen LogP contribution in [0.4, 0.5) is 5.69 Å². The molecule has 0 unspecified atom stereocenters. The summed E-state index contributed by atoms with van der Waals surface area (Å²) in [5.41, 5.74) is 2.89. The lowest BCUT2D eigenvalue weighted by Crippen LogP contribution is -2.27. The van der Waals surface area contributed by atoms with Crippen molar-refractivity contribution >= 4 is 15.7 Å². The van der Waals surface area contributed by atoms with Gasteiger partial charge in [-0.25, -0.2) is 13.1 Å². The number of benzene rings is 2. The molecule has 8 heteroatoms. The number of hydrogen-bond donors (Lipinski definition) is 1. The predicted molar refractivity (Wildman–Crippen MR) is 108 cm³/mol. The Morgan fingerprint density at radius 1 is 1.04 bits per heavy atom. The highest BCUT2D eigenvalue weighted by molar-refractivity contribution is 7.89. The van der Waals surface area contributed by atoms with Crippen molar-refractivity contribution in [1.29, 1.82) is 0 Å². The maximum Gasteiger partial charge on any atom is 0.273 e. The second kappa shape index (κ2) is 8.28. The van der Waals surface area contributed by atoms with Crippen LogP contribution in [0.3, 0.4) is 0 Å². The Kier molecular flexibility index (Phi) is 6.46. The van der Waals surface area contributed by atoms with E-state index in [1.807, 2.05) is 32.9 Å². The topological polar surface area (TPSA) is 98.5 Å². The highest BCUT2D eigenvalue weighted by Gasteiger charge is 2.24. The summed E-state index contributed by atoms with van der Waals surface area (Å²) in [4.78, 5) is 10.4. The van der Waals surface area contributed by atoms with Gasteiger partial charge in [-0.1, -0.05) is 19.9 Å². The fourth-order valence-corrected chi connectivity index (χ4v) is 4.37. The van der Waals surface area contributed by atoms with Crippen molar-refractivity contribution in [1.82, 2.24) is 4.72 Å².